The summed E-state index contributed by atoms with van der Waals surface area (Å²) in [5.41, 5.74) is 1.85. The molecule has 0 radical (unpaired) electrons. The van der Waals surface area contributed by atoms with Gasteiger partial charge in [0.25, 0.3) is 5.91 Å². The molecule has 1 N–H and O–H groups in total. The molecule has 0 saturated carbocycles. The van der Waals surface area contributed by atoms with Gasteiger partial charge in [0, 0.05) is 16.4 Å². The van der Waals surface area contributed by atoms with Crippen LogP contribution < -0.4 is 5.32 Å². The van der Waals surface area contributed by atoms with Crippen LogP contribution in [-0.4, -0.2) is 11.9 Å². The molecule has 0 aliphatic heterocycles. The van der Waals surface area contributed by atoms with Crippen LogP contribution in [0.1, 0.15) is 22.8 Å². The van der Waals surface area contributed by atoms with Gasteiger partial charge in [-0.05, 0) is 59.7 Å². The van der Waals surface area contributed by atoms with Crippen molar-refractivity contribution in [2.75, 3.05) is 0 Å². The van der Waals surface area contributed by atoms with Gasteiger partial charge in [0.1, 0.15) is 0 Å². The molecule has 1 aromatic heterocycles. The zero-order valence-corrected chi connectivity index (χ0v) is 14.1. The van der Waals surface area contributed by atoms with Gasteiger partial charge in [-0.15, -0.1) is 11.3 Å². The summed E-state index contributed by atoms with van der Waals surface area (Å²) in [5.74, 6) is -0.0197. The number of hydrogen-bond donors (Lipinski definition) is 1. The maximum atomic E-state index is 12.0. The molecular formula is C14H13ClINOS. The Morgan fingerprint density at radius 2 is 2.26 bits per heavy atom. The standard InChI is InChI=1S/C14H13ClINOS/c1-9(5-10-3-2-4-12(15)6-10)17-14(18)11-7-13(16)19-8-11/h2-4,6-9H,5H2,1H3,(H,17,18). The second kappa shape index (κ2) is 6.72. The highest BCUT2D eigenvalue weighted by atomic mass is 127. The fourth-order valence-electron chi connectivity index (χ4n) is 1.80. The lowest BCUT2D eigenvalue weighted by Crippen LogP contribution is -2.33. The molecule has 0 aliphatic rings. The second-order valence-electron chi connectivity index (χ2n) is 4.35. The Morgan fingerprint density at radius 3 is 2.89 bits per heavy atom. The summed E-state index contributed by atoms with van der Waals surface area (Å²) < 4.78 is 1.12. The number of halogens is 2. The van der Waals surface area contributed by atoms with Crippen molar-refractivity contribution in [2.45, 2.75) is 19.4 Å². The van der Waals surface area contributed by atoms with Gasteiger partial charge in [0.05, 0.1) is 8.45 Å². The van der Waals surface area contributed by atoms with Crippen molar-refractivity contribution < 1.29 is 4.79 Å². The first-order valence-corrected chi connectivity index (χ1v) is 8.17. The lowest BCUT2D eigenvalue weighted by Gasteiger charge is -2.13. The van der Waals surface area contributed by atoms with Crippen LogP contribution in [0.3, 0.4) is 0 Å². The fourth-order valence-corrected chi connectivity index (χ4v) is 3.34. The average Bonchev–Trinajstić information content (AvgIpc) is 2.75. The SMILES string of the molecule is CC(Cc1cccc(Cl)c1)NC(=O)c1csc(I)c1. The highest BCUT2D eigenvalue weighted by Gasteiger charge is 2.11. The lowest BCUT2D eigenvalue weighted by molar-refractivity contribution is 0.0940. The first-order chi connectivity index (χ1) is 9.04. The first kappa shape index (κ1) is 14.8. The van der Waals surface area contributed by atoms with Crippen molar-refractivity contribution in [3.05, 3.63) is 54.7 Å². The first-order valence-electron chi connectivity index (χ1n) is 5.84. The van der Waals surface area contributed by atoms with Crippen LogP contribution in [0, 0.1) is 2.88 Å². The predicted octanol–water partition coefficient (Wildman–Crippen LogP) is 4.37. The molecule has 0 saturated heterocycles. The van der Waals surface area contributed by atoms with Gasteiger partial charge < -0.3 is 5.32 Å². The summed E-state index contributed by atoms with van der Waals surface area (Å²) in [6.07, 6.45) is 0.771. The van der Waals surface area contributed by atoms with Gasteiger partial charge in [-0.25, -0.2) is 0 Å². The van der Waals surface area contributed by atoms with Crippen LogP contribution in [-0.2, 0) is 6.42 Å². The van der Waals surface area contributed by atoms with E-state index in [1.165, 1.54) is 0 Å². The third-order valence-electron chi connectivity index (χ3n) is 2.64. The molecule has 1 unspecified atom stereocenters. The largest absolute Gasteiger partial charge is 0.349 e. The van der Waals surface area contributed by atoms with Gasteiger partial charge >= 0.3 is 0 Å². The molecule has 0 spiro atoms. The molecule has 0 fully saturated rings. The number of carbonyl (C=O) groups excluding carboxylic acids is 1. The van der Waals surface area contributed by atoms with Crippen LogP contribution in [0.2, 0.25) is 5.02 Å². The number of benzene rings is 1. The molecule has 2 rings (SSSR count). The molecule has 1 heterocycles. The summed E-state index contributed by atoms with van der Waals surface area (Å²) in [7, 11) is 0. The summed E-state index contributed by atoms with van der Waals surface area (Å²) in [6.45, 7) is 2.00. The summed E-state index contributed by atoms with van der Waals surface area (Å²) in [4.78, 5) is 12.0. The summed E-state index contributed by atoms with van der Waals surface area (Å²) >= 11 is 9.73. The Hall–Kier alpha value is -0.590. The van der Waals surface area contributed by atoms with Crippen molar-refractivity contribution in [3.8, 4) is 0 Å². The monoisotopic (exact) mass is 405 g/mol. The summed E-state index contributed by atoms with van der Waals surface area (Å²) in [6, 6.07) is 9.69. The van der Waals surface area contributed by atoms with Gasteiger partial charge in [-0.2, -0.15) is 0 Å². The number of amides is 1. The highest BCUT2D eigenvalue weighted by Crippen LogP contribution is 2.17. The normalized spacial score (nSPS) is 12.2. The van der Waals surface area contributed by atoms with Crippen molar-refractivity contribution in [1.82, 2.24) is 5.32 Å². The third kappa shape index (κ3) is 4.47. The molecule has 1 amide bonds. The fraction of sp³-hybridized carbons (Fsp3) is 0.214. The Morgan fingerprint density at radius 1 is 1.47 bits per heavy atom. The average molecular weight is 406 g/mol. The number of rotatable bonds is 4. The molecular weight excluding hydrogens is 393 g/mol. The highest BCUT2D eigenvalue weighted by molar-refractivity contribution is 14.1. The molecule has 100 valence electrons. The van der Waals surface area contributed by atoms with E-state index in [4.69, 9.17) is 11.6 Å². The molecule has 1 atom stereocenters. The van der Waals surface area contributed by atoms with E-state index in [9.17, 15) is 4.79 Å². The Balaban J connectivity index is 1.94. The van der Waals surface area contributed by atoms with Crippen LogP contribution in [0.25, 0.3) is 0 Å². The van der Waals surface area contributed by atoms with E-state index in [2.05, 4.69) is 27.9 Å². The van der Waals surface area contributed by atoms with Crippen LogP contribution in [0.4, 0.5) is 0 Å². The Labute approximate surface area is 135 Å². The van der Waals surface area contributed by atoms with Gasteiger partial charge in [-0.1, -0.05) is 23.7 Å². The summed E-state index contributed by atoms with van der Waals surface area (Å²) in [5, 5.41) is 5.60. The van der Waals surface area contributed by atoms with Crippen LogP contribution in [0.15, 0.2) is 35.7 Å². The van der Waals surface area contributed by atoms with Crippen molar-refractivity contribution in [1.29, 1.82) is 0 Å². The van der Waals surface area contributed by atoms with E-state index in [-0.39, 0.29) is 11.9 Å². The smallest absolute Gasteiger partial charge is 0.252 e. The minimum absolute atomic E-state index is 0.0197. The van der Waals surface area contributed by atoms with E-state index in [1.807, 2.05) is 42.6 Å². The van der Waals surface area contributed by atoms with E-state index in [0.29, 0.717) is 0 Å². The quantitative estimate of drug-likeness (QED) is 0.752. The number of hydrogen-bond acceptors (Lipinski definition) is 2. The zero-order chi connectivity index (χ0) is 13.8. The van der Waals surface area contributed by atoms with Gasteiger partial charge in [0.15, 0.2) is 0 Å². The lowest BCUT2D eigenvalue weighted by atomic mass is 10.1. The molecule has 5 heteroatoms. The van der Waals surface area contributed by atoms with E-state index in [1.54, 1.807) is 11.3 Å². The molecule has 19 heavy (non-hydrogen) atoms. The van der Waals surface area contributed by atoms with Crippen LogP contribution in [0.5, 0.6) is 0 Å². The number of carbonyl (C=O) groups is 1. The van der Waals surface area contributed by atoms with Crippen molar-refractivity contribution in [2.24, 2.45) is 0 Å². The maximum Gasteiger partial charge on any atom is 0.252 e. The minimum Gasteiger partial charge on any atom is -0.349 e. The molecule has 2 nitrogen and oxygen atoms in total. The van der Waals surface area contributed by atoms with E-state index >= 15 is 0 Å². The molecule has 1 aromatic carbocycles. The predicted molar refractivity (Wildman–Crippen MR) is 89.1 cm³/mol. The minimum atomic E-state index is -0.0197. The topological polar surface area (TPSA) is 29.1 Å². The van der Waals surface area contributed by atoms with Gasteiger partial charge in [-0.3, -0.25) is 4.79 Å². The number of nitrogens with one attached hydrogen (secondary N) is 1. The van der Waals surface area contributed by atoms with E-state index < -0.39 is 0 Å². The molecule has 2 aromatic rings. The third-order valence-corrected chi connectivity index (χ3v) is 4.66. The maximum absolute atomic E-state index is 12.0. The molecule has 0 aliphatic carbocycles. The second-order valence-corrected chi connectivity index (χ2v) is 7.59. The Kier molecular flexibility index (Phi) is 5.24. The zero-order valence-electron chi connectivity index (χ0n) is 10.3. The van der Waals surface area contributed by atoms with Gasteiger partial charge in [0.2, 0.25) is 0 Å². The van der Waals surface area contributed by atoms with Crippen LogP contribution >= 0.6 is 45.5 Å². The number of thiophene rings is 1. The Bertz CT molecular complexity index is 584. The molecule has 0 bridgehead atoms. The van der Waals surface area contributed by atoms with Crippen molar-refractivity contribution >= 4 is 51.4 Å². The van der Waals surface area contributed by atoms with Crippen molar-refractivity contribution in [3.63, 3.8) is 0 Å². The van der Waals surface area contributed by atoms with E-state index in [0.717, 1.165) is 25.5 Å².